The lowest BCUT2D eigenvalue weighted by Crippen LogP contribution is -1.96. The zero-order valence-corrected chi connectivity index (χ0v) is 10.8. The molecule has 0 heterocycles. The molecule has 0 unspecified atom stereocenters. The van der Waals surface area contributed by atoms with Crippen molar-refractivity contribution >= 4 is 28.7 Å². The third kappa shape index (κ3) is 3.63. The molecule has 94 valence electrons. The summed E-state index contributed by atoms with van der Waals surface area (Å²) in [4.78, 5) is 22.8. The second-order valence-corrected chi connectivity index (χ2v) is 4.30. The highest BCUT2D eigenvalue weighted by molar-refractivity contribution is 6.67. The molecule has 2 rings (SSSR count). The monoisotopic (exact) mass is 270 g/mol. The van der Waals surface area contributed by atoms with Crippen molar-refractivity contribution in [2.45, 2.75) is 0 Å². The van der Waals surface area contributed by atoms with E-state index in [9.17, 15) is 9.59 Å². The minimum atomic E-state index is -0.529. The van der Waals surface area contributed by atoms with Crippen molar-refractivity contribution in [3.8, 4) is 0 Å². The highest BCUT2D eigenvalue weighted by Gasteiger charge is 2.04. The van der Waals surface area contributed by atoms with Gasteiger partial charge in [0.15, 0.2) is 5.78 Å². The maximum Gasteiger partial charge on any atom is 0.252 e. The predicted octanol–water partition coefficient (Wildman–Crippen LogP) is 3.96. The van der Waals surface area contributed by atoms with Crippen LogP contribution >= 0.6 is 11.6 Å². The van der Waals surface area contributed by atoms with Crippen LogP contribution in [0.3, 0.4) is 0 Å². The van der Waals surface area contributed by atoms with E-state index in [2.05, 4.69) is 0 Å². The van der Waals surface area contributed by atoms with E-state index in [4.69, 9.17) is 11.6 Å². The molecule has 0 saturated heterocycles. The smallest absolute Gasteiger partial charge is 0.252 e. The molecule has 2 nitrogen and oxygen atoms in total. The van der Waals surface area contributed by atoms with Crippen LogP contribution in [0.4, 0.5) is 0 Å². The molecule has 3 heteroatoms. The van der Waals surface area contributed by atoms with Crippen molar-refractivity contribution < 1.29 is 9.59 Å². The summed E-state index contributed by atoms with van der Waals surface area (Å²) in [6.45, 7) is 0. The molecule has 0 aliphatic carbocycles. The Morgan fingerprint density at radius 2 is 1.42 bits per heavy atom. The molecule has 2 aromatic rings. The van der Waals surface area contributed by atoms with Crippen LogP contribution in [0, 0.1) is 0 Å². The van der Waals surface area contributed by atoms with E-state index in [1.54, 1.807) is 30.3 Å². The zero-order chi connectivity index (χ0) is 13.7. The number of ketones is 1. The van der Waals surface area contributed by atoms with Crippen LogP contribution in [0.5, 0.6) is 0 Å². The number of halogens is 1. The lowest BCUT2D eigenvalue weighted by atomic mass is 10.1. The molecule has 0 atom stereocenters. The van der Waals surface area contributed by atoms with Crippen molar-refractivity contribution in [3.05, 3.63) is 77.4 Å². The number of rotatable bonds is 4. The van der Waals surface area contributed by atoms with Gasteiger partial charge in [0.2, 0.25) is 0 Å². The van der Waals surface area contributed by atoms with E-state index >= 15 is 0 Å². The van der Waals surface area contributed by atoms with E-state index in [-0.39, 0.29) is 5.78 Å². The van der Waals surface area contributed by atoms with Crippen LogP contribution in [0.2, 0.25) is 0 Å². The third-order valence-corrected chi connectivity index (χ3v) is 2.84. The quantitative estimate of drug-likeness (QED) is 0.479. The minimum Gasteiger partial charge on any atom is -0.289 e. The van der Waals surface area contributed by atoms with Gasteiger partial charge in [-0.2, -0.15) is 0 Å². The number of allylic oxidation sites excluding steroid dienone is 1. The van der Waals surface area contributed by atoms with Gasteiger partial charge >= 0.3 is 0 Å². The first-order chi connectivity index (χ1) is 9.16. The molecule has 0 amide bonds. The van der Waals surface area contributed by atoms with Gasteiger partial charge in [-0.25, -0.2) is 0 Å². The van der Waals surface area contributed by atoms with Gasteiger partial charge in [0.1, 0.15) is 0 Å². The van der Waals surface area contributed by atoms with Crippen LogP contribution in [-0.2, 0) is 0 Å². The normalized spacial score (nSPS) is 10.6. The molecular formula is C16H11ClO2. The van der Waals surface area contributed by atoms with Crippen LogP contribution in [-0.4, -0.2) is 11.0 Å². The Hall–Kier alpha value is -2.19. The Kier molecular flexibility index (Phi) is 4.26. The molecule has 2 aromatic carbocycles. The van der Waals surface area contributed by atoms with Crippen LogP contribution in [0.1, 0.15) is 26.3 Å². The Morgan fingerprint density at radius 3 is 2.00 bits per heavy atom. The fourth-order valence-electron chi connectivity index (χ4n) is 1.60. The number of hydrogen-bond acceptors (Lipinski definition) is 2. The minimum absolute atomic E-state index is 0.113. The van der Waals surface area contributed by atoms with E-state index in [0.29, 0.717) is 11.1 Å². The summed E-state index contributed by atoms with van der Waals surface area (Å²) in [7, 11) is 0. The number of benzene rings is 2. The first-order valence-electron chi connectivity index (χ1n) is 5.74. The Labute approximate surface area is 116 Å². The Bertz CT molecular complexity index is 613. The number of carbonyl (C=O) groups excluding carboxylic acids is 2. The lowest BCUT2D eigenvalue weighted by Gasteiger charge is -1.97. The van der Waals surface area contributed by atoms with Gasteiger partial charge in [-0.3, -0.25) is 9.59 Å². The van der Waals surface area contributed by atoms with Gasteiger partial charge in [0, 0.05) is 11.1 Å². The summed E-state index contributed by atoms with van der Waals surface area (Å²) in [5.74, 6) is -0.113. The van der Waals surface area contributed by atoms with Gasteiger partial charge in [0.25, 0.3) is 5.24 Å². The molecule has 0 spiro atoms. The van der Waals surface area contributed by atoms with E-state index < -0.39 is 5.24 Å². The highest BCUT2D eigenvalue weighted by atomic mass is 35.5. The summed E-state index contributed by atoms with van der Waals surface area (Å²) in [5.41, 5.74) is 1.86. The first-order valence-corrected chi connectivity index (χ1v) is 6.12. The lowest BCUT2D eigenvalue weighted by molar-refractivity contribution is 0.104. The zero-order valence-electron chi connectivity index (χ0n) is 10.0. The molecule has 0 N–H and O–H groups in total. The summed E-state index contributed by atoms with van der Waals surface area (Å²) in [6.07, 6.45) is 3.26. The molecule has 0 aliphatic heterocycles. The van der Waals surface area contributed by atoms with Crippen LogP contribution in [0.15, 0.2) is 60.7 Å². The van der Waals surface area contributed by atoms with Crippen molar-refractivity contribution in [2.24, 2.45) is 0 Å². The molecule has 0 radical (unpaired) electrons. The largest absolute Gasteiger partial charge is 0.289 e. The average Bonchev–Trinajstić information content (AvgIpc) is 2.46. The molecule has 0 aromatic heterocycles. The fraction of sp³-hybridized carbons (Fsp3) is 0. The van der Waals surface area contributed by atoms with Crippen molar-refractivity contribution in [2.75, 3.05) is 0 Å². The summed E-state index contributed by atoms with van der Waals surface area (Å²) >= 11 is 5.34. The maximum absolute atomic E-state index is 11.9. The number of carbonyl (C=O) groups is 2. The third-order valence-electron chi connectivity index (χ3n) is 2.62. The summed E-state index contributed by atoms with van der Waals surface area (Å²) in [5, 5.41) is -0.529. The molecule has 0 fully saturated rings. The van der Waals surface area contributed by atoms with Gasteiger partial charge < -0.3 is 0 Å². The summed E-state index contributed by atoms with van der Waals surface area (Å²) in [6, 6.07) is 15.8. The van der Waals surface area contributed by atoms with Gasteiger partial charge in [0.05, 0.1) is 0 Å². The second kappa shape index (κ2) is 6.12. The van der Waals surface area contributed by atoms with Gasteiger partial charge in [-0.15, -0.1) is 0 Å². The molecule has 19 heavy (non-hydrogen) atoms. The first kappa shape index (κ1) is 13.2. The highest BCUT2D eigenvalue weighted by Crippen LogP contribution is 2.09. The fourth-order valence-corrected chi connectivity index (χ4v) is 1.72. The summed E-state index contributed by atoms with van der Waals surface area (Å²) < 4.78 is 0. The molecular weight excluding hydrogens is 260 g/mol. The van der Waals surface area contributed by atoms with E-state index in [0.717, 1.165) is 5.56 Å². The predicted molar refractivity (Wildman–Crippen MR) is 76.4 cm³/mol. The second-order valence-electron chi connectivity index (χ2n) is 3.96. The molecule has 0 bridgehead atoms. The van der Waals surface area contributed by atoms with E-state index in [1.165, 1.54) is 6.08 Å². The maximum atomic E-state index is 11.9. The van der Waals surface area contributed by atoms with Crippen LogP contribution in [0.25, 0.3) is 6.08 Å². The van der Waals surface area contributed by atoms with Gasteiger partial charge in [-0.05, 0) is 35.4 Å². The number of hydrogen-bond donors (Lipinski definition) is 0. The van der Waals surface area contributed by atoms with Crippen LogP contribution < -0.4 is 0 Å². The standard InChI is InChI=1S/C16H11ClO2/c17-16(19)14-9-7-13(8-10-14)15(18)11-6-12-4-2-1-3-5-12/h1-11H/b11-6+. The topological polar surface area (TPSA) is 34.1 Å². The van der Waals surface area contributed by atoms with Gasteiger partial charge in [-0.1, -0.05) is 48.5 Å². The Balaban J connectivity index is 2.12. The van der Waals surface area contributed by atoms with E-state index in [1.807, 2.05) is 30.3 Å². The van der Waals surface area contributed by atoms with Crippen molar-refractivity contribution in [1.29, 1.82) is 0 Å². The average molecular weight is 271 g/mol. The Morgan fingerprint density at radius 1 is 0.842 bits per heavy atom. The van der Waals surface area contributed by atoms with Crippen molar-refractivity contribution in [1.82, 2.24) is 0 Å². The molecule has 0 saturated carbocycles. The molecule has 0 aliphatic rings. The SMILES string of the molecule is O=C(Cl)c1ccc(C(=O)/C=C/c2ccccc2)cc1. The van der Waals surface area contributed by atoms with Crippen molar-refractivity contribution in [3.63, 3.8) is 0 Å².